The Bertz CT molecular complexity index is 503. The highest BCUT2D eigenvalue weighted by Gasteiger charge is 2.39. The van der Waals surface area contributed by atoms with Crippen molar-refractivity contribution in [2.45, 2.75) is 45.1 Å². The van der Waals surface area contributed by atoms with Crippen LogP contribution in [-0.2, 0) is 4.79 Å². The number of carbonyl (C=O) groups is 1. The number of likely N-dealkylation sites (tertiary alicyclic amines) is 1. The third-order valence-corrected chi connectivity index (χ3v) is 5.62. The van der Waals surface area contributed by atoms with Crippen LogP contribution in [0.4, 0.5) is 0 Å². The fraction of sp³-hybridized carbons (Fsp3) is 0.632. The molecule has 3 atom stereocenters. The number of nitrogens with one attached hydrogen (secondary N) is 1. The van der Waals surface area contributed by atoms with E-state index in [1.807, 2.05) is 0 Å². The van der Waals surface area contributed by atoms with Gasteiger partial charge in [0.2, 0.25) is 5.91 Å². The van der Waals surface area contributed by atoms with Crippen LogP contribution in [0.2, 0.25) is 0 Å². The van der Waals surface area contributed by atoms with E-state index in [0.717, 1.165) is 38.9 Å². The minimum absolute atomic E-state index is 0. The van der Waals surface area contributed by atoms with Crippen LogP contribution >= 0.6 is 12.4 Å². The minimum Gasteiger partial charge on any atom is -0.339 e. The summed E-state index contributed by atoms with van der Waals surface area (Å²) in [5.74, 6) is 1.54. The van der Waals surface area contributed by atoms with Crippen molar-refractivity contribution >= 4 is 18.3 Å². The molecule has 0 spiro atoms. The van der Waals surface area contributed by atoms with E-state index < -0.39 is 0 Å². The van der Waals surface area contributed by atoms with Crippen molar-refractivity contribution < 1.29 is 4.79 Å². The fourth-order valence-electron chi connectivity index (χ4n) is 4.04. The molecule has 0 saturated carbocycles. The molecule has 0 bridgehead atoms. The SMILES string of the molecule is CCC(c1ccccc1)C1CCCN1C(=O)C(C)C1CNC1.Cl. The zero-order valence-corrected chi connectivity index (χ0v) is 15.0. The Kier molecular flexibility index (Phi) is 6.49. The minimum atomic E-state index is 0. The number of carbonyl (C=O) groups excluding carboxylic acids is 1. The molecule has 1 aromatic rings. The van der Waals surface area contributed by atoms with Gasteiger partial charge in [0, 0.05) is 24.4 Å². The van der Waals surface area contributed by atoms with Crippen LogP contribution in [0.15, 0.2) is 30.3 Å². The van der Waals surface area contributed by atoms with Crippen LogP contribution in [0, 0.1) is 11.8 Å². The van der Waals surface area contributed by atoms with Gasteiger partial charge in [0.05, 0.1) is 0 Å². The molecule has 3 rings (SSSR count). The van der Waals surface area contributed by atoms with Crippen LogP contribution in [0.25, 0.3) is 0 Å². The Hall–Kier alpha value is -1.06. The molecule has 0 aromatic heterocycles. The number of nitrogens with zero attached hydrogens (tertiary/aromatic N) is 1. The lowest BCUT2D eigenvalue weighted by Gasteiger charge is -2.38. The second-order valence-electron chi connectivity index (χ2n) is 6.87. The Balaban J connectivity index is 0.00000192. The average molecular weight is 337 g/mol. The van der Waals surface area contributed by atoms with Gasteiger partial charge >= 0.3 is 0 Å². The predicted molar refractivity (Wildman–Crippen MR) is 97.0 cm³/mol. The van der Waals surface area contributed by atoms with E-state index >= 15 is 0 Å². The normalized spacial score (nSPS) is 23.7. The monoisotopic (exact) mass is 336 g/mol. The van der Waals surface area contributed by atoms with Gasteiger partial charge in [-0.2, -0.15) is 0 Å². The maximum absolute atomic E-state index is 12.9. The van der Waals surface area contributed by atoms with E-state index in [0.29, 0.717) is 23.8 Å². The number of hydrogen-bond donors (Lipinski definition) is 1. The van der Waals surface area contributed by atoms with Gasteiger partial charge in [0.25, 0.3) is 0 Å². The number of benzene rings is 1. The van der Waals surface area contributed by atoms with Crippen molar-refractivity contribution in [1.82, 2.24) is 10.2 Å². The van der Waals surface area contributed by atoms with Gasteiger partial charge in [-0.15, -0.1) is 12.4 Å². The zero-order valence-electron chi connectivity index (χ0n) is 14.2. The van der Waals surface area contributed by atoms with E-state index in [4.69, 9.17) is 0 Å². The molecule has 4 heteroatoms. The molecule has 0 aliphatic carbocycles. The molecule has 2 fully saturated rings. The Morgan fingerprint density at radius 2 is 2.00 bits per heavy atom. The van der Waals surface area contributed by atoms with Crippen LogP contribution in [0.3, 0.4) is 0 Å². The van der Waals surface area contributed by atoms with Gasteiger partial charge in [-0.25, -0.2) is 0 Å². The fourth-order valence-corrected chi connectivity index (χ4v) is 4.04. The first kappa shape index (κ1) is 18.3. The summed E-state index contributed by atoms with van der Waals surface area (Å²) in [6.07, 6.45) is 3.39. The quantitative estimate of drug-likeness (QED) is 0.893. The second kappa shape index (κ2) is 8.16. The van der Waals surface area contributed by atoms with E-state index in [-0.39, 0.29) is 18.3 Å². The summed E-state index contributed by atoms with van der Waals surface area (Å²) in [7, 11) is 0. The molecule has 3 unspecified atom stereocenters. The van der Waals surface area contributed by atoms with Gasteiger partial charge < -0.3 is 10.2 Å². The molecule has 23 heavy (non-hydrogen) atoms. The van der Waals surface area contributed by atoms with Gasteiger partial charge in [0.1, 0.15) is 0 Å². The molecule has 1 amide bonds. The molecule has 1 aromatic carbocycles. The standard InChI is InChI=1S/C19H28N2O.ClH/c1-3-17(15-8-5-4-6-9-15)18-10-7-11-21(18)19(22)14(2)16-12-20-13-16;/h4-6,8-9,14,16-18,20H,3,7,10-13H2,1-2H3;1H. The van der Waals surface area contributed by atoms with E-state index in [2.05, 4.69) is 54.4 Å². The zero-order chi connectivity index (χ0) is 15.5. The number of rotatable bonds is 5. The predicted octanol–water partition coefficient (Wildman–Crippen LogP) is 3.45. The van der Waals surface area contributed by atoms with Gasteiger partial charge in [-0.1, -0.05) is 44.2 Å². The van der Waals surface area contributed by atoms with Crippen molar-refractivity contribution in [3.63, 3.8) is 0 Å². The van der Waals surface area contributed by atoms with Gasteiger partial charge in [0.15, 0.2) is 0 Å². The molecule has 128 valence electrons. The third-order valence-electron chi connectivity index (χ3n) is 5.62. The summed E-state index contributed by atoms with van der Waals surface area (Å²) in [6, 6.07) is 11.1. The van der Waals surface area contributed by atoms with Crippen molar-refractivity contribution in [2.75, 3.05) is 19.6 Å². The maximum atomic E-state index is 12.9. The lowest BCUT2D eigenvalue weighted by Crippen LogP contribution is -2.51. The van der Waals surface area contributed by atoms with Crippen LogP contribution < -0.4 is 5.32 Å². The number of amides is 1. The van der Waals surface area contributed by atoms with Crippen molar-refractivity contribution in [3.05, 3.63) is 35.9 Å². The first-order valence-electron chi connectivity index (χ1n) is 8.78. The number of halogens is 1. The van der Waals surface area contributed by atoms with Crippen LogP contribution in [0.5, 0.6) is 0 Å². The Morgan fingerprint density at radius 1 is 1.30 bits per heavy atom. The molecular weight excluding hydrogens is 308 g/mol. The van der Waals surface area contributed by atoms with Crippen LogP contribution in [0.1, 0.15) is 44.6 Å². The second-order valence-corrected chi connectivity index (χ2v) is 6.87. The smallest absolute Gasteiger partial charge is 0.226 e. The van der Waals surface area contributed by atoms with Crippen molar-refractivity contribution in [1.29, 1.82) is 0 Å². The largest absolute Gasteiger partial charge is 0.339 e. The first-order valence-corrected chi connectivity index (χ1v) is 8.78. The van der Waals surface area contributed by atoms with Crippen molar-refractivity contribution in [3.8, 4) is 0 Å². The highest BCUT2D eigenvalue weighted by Crippen LogP contribution is 2.35. The Morgan fingerprint density at radius 3 is 2.57 bits per heavy atom. The molecule has 1 N–H and O–H groups in total. The summed E-state index contributed by atoms with van der Waals surface area (Å²) >= 11 is 0. The van der Waals surface area contributed by atoms with E-state index in [9.17, 15) is 4.79 Å². The topological polar surface area (TPSA) is 32.3 Å². The summed E-state index contributed by atoms with van der Waals surface area (Å²) in [6.45, 7) is 7.31. The molecule has 0 radical (unpaired) electrons. The van der Waals surface area contributed by atoms with Gasteiger partial charge in [-0.05, 0) is 43.8 Å². The highest BCUT2D eigenvalue weighted by atomic mass is 35.5. The molecule has 3 nitrogen and oxygen atoms in total. The Labute approximate surface area is 146 Å². The molecule has 2 heterocycles. The molecule has 2 aliphatic rings. The van der Waals surface area contributed by atoms with E-state index in [1.54, 1.807) is 0 Å². The highest BCUT2D eigenvalue weighted by molar-refractivity contribution is 5.85. The molecule has 2 aliphatic heterocycles. The van der Waals surface area contributed by atoms with E-state index in [1.165, 1.54) is 5.56 Å². The summed E-state index contributed by atoms with van der Waals surface area (Å²) in [4.78, 5) is 15.1. The summed E-state index contributed by atoms with van der Waals surface area (Å²) in [5, 5.41) is 3.29. The summed E-state index contributed by atoms with van der Waals surface area (Å²) in [5.41, 5.74) is 1.38. The molecule has 2 saturated heterocycles. The summed E-state index contributed by atoms with van der Waals surface area (Å²) < 4.78 is 0. The van der Waals surface area contributed by atoms with Crippen LogP contribution in [-0.4, -0.2) is 36.5 Å². The lowest BCUT2D eigenvalue weighted by molar-refractivity contribution is -0.138. The lowest BCUT2D eigenvalue weighted by atomic mass is 9.85. The maximum Gasteiger partial charge on any atom is 0.226 e. The first-order chi connectivity index (χ1) is 10.7. The average Bonchev–Trinajstić information content (AvgIpc) is 2.96. The van der Waals surface area contributed by atoms with Crippen molar-refractivity contribution in [2.24, 2.45) is 11.8 Å². The molecular formula is C19H29ClN2O. The van der Waals surface area contributed by atoms with Gasteiger partial charge in [-0.3, -0.25) is 4.79 Å². The third kappa shape index (κ3) is 3.72. The number of hydrogen-bond acceptors (Lipinski definition) is 2.